The standard InChI is InChI=1S/C24H19ClF3N3O2/c1-14-6-11-19(21(32)12-14)31-23(33)16-9-7-15(8-10-16)20(13-22(29)24(26,27)28)30-18-5-3-2-4-17(18)25/h2-13,32H,29H2,1H3,(H,31,33). The molecule has 0 unspecified atom stereocenters. The minimum atomic E-state index is -4.74. The lowest BCUT2D eigenvalue weighted by molar-refractivity contribution is -0.0925. The number of carbonyl (C=O) groups excluding carboxylic acids is 1. The van der Waals surface area contributed by atoms with E-state index in [2.05, 4.69) is 10.3 Å². The first-order valence-corrected chi connectivity index (χ1v) is 10.0. The first-order valence-electron chi connectivity index (χ1n) is 9.63. The number of phenolic OH excluding ortho intramolecular Hbond substituents is 1. The summed E-state index contributed by atoms with van der Waals surface area (Å²) in [5, 5.41) is 12.8. The van der Waals surface area contributed by atoms with E-state index in [1.165, 1.54) is 30.3 Å². The van der Waals surface area contributed by atoms with Crippen LogP contribution in [0.15, 0.2) is 83.5 Å². The third-order valence-electron chi connectivity index (χ3n) is 4.56. The molecule has 0 aliphatic carbocycles. The van der Waals surface area contributed by atoms with Gasteiger partial charge in [-0.2, -0.15) is 13.2 Å². The lowest BCUT2D eigenvalue weighted by Gasteiger charge is -2.10. The van der Waals surface area contributed by atoms with Crippen LogP contribution in [0.25, 0.3) is 0 Å². The van der Waals surface area contributed by atoms with Gasteiger partial charge in [0.1, 0.15) is 11.4 Å². The number of para-hydroxylation sites is 1. The number of hydrogen-bond donors (Lipinski definition) is 3. The molecule has 3 aromatic rings. The number of halogens is 4. The number of nitrogens with zero attached hydrogens (tertiary/aromatic N) is 1. The number of hydrogen-bond acceptors (Lipinski definition) is 4. The van der Waals surface area contributed by atoms with E-state index >= 15 is 0 Å². The first kappa shape index (κ1) is 23.9. The largest absolute Gasteiger partial charge is 0.506 e. The molecule has 0 aliphatic rings. The van der Waals surface area contributed by atoms with Gasteiger partial charge in [-0.3, -0.25) is 4.79 Å². The van der Waals surface area contributed by atoms with Crippen LogP contribution < -0.4 is 11.1 Å². The molecule has 0 atom stereocenters. The van der Waals surface area contributed by atoms with Crippen LogP contribution in [-0.4, -0.2) is 22.9 Å². The Balaban J connectivity index is 1.93. The van der Waals surface area contributed by atoms with Gasteiger partial charge in [0.05, 0.1) is 22.1 Å². The van der Waals surface area contributed by atoms with Gasteiger partial charge < -0.3 is 16.2 Å². The number of alkyl halides is 3. The fourth-order valence-corrected chi connectivity index (χ4v) is 2.99. The minimum Gasteiger partial charge on any atom is -0.506 e. The lowest BCUT2D eigenvalue weighted by atomic mass is 10.1. The summed E-state index contributed by atoms with van der Waals surface area (Å²) in [6, 6.07) is 17.0. The zero-order valence-electron chi connectivity index (χ0n) is 17.3. The summed E-state index contributed by atoms with van der Waals surface area (Å²) in [5.74, 6) is -0.586. The molecular weight excluding hydrogens is 455 g/mol. The number of aliphatic imine (C=N–C) groups is 1. The average molecular weight is 474 g/mol. The number of amides is 1. The van der Waals surface area contributed by atoms with Crippen LogP contribution in [0.5, 0.6) is 5.75 Å². The van der Waals surface area contributed by atoms with Crippen LogP contribution in [0.3, 0.4) is 0 Å². The number of benzene rings is 3. The predicted molar refractivity (Wildman–Crippen MR) is 123 cm³/mol. The van der Waals surface area contributed by atoms with E-state index in [9.17, 15) is 23.1 Å². The van der Waals surface area contributed by atoms with E-state index in [4.69, 9.17) is 17.3 Å². The Morgan fingerprint density at radius 3 is 2.30 bits per heavy atom. The van der Waals surface area contributed by atoms with E-state index in [1.54, 1.807) is 43.3 Å². The zero-order chi connectivity index (χ0) is 24.2. The summed E-state index contributed by atoms with van der Waals surface area (Å²) in [6.07, 6.45) is -4.03. The fourth-order valence-electron chi connectivity index (χ4n) is 2.82. The van der Waals surface area contributed by atoms with E-state index in [-0.39, 0.29) is 39.0 Å². The number of aryl methyl sites for hydroxylation is 1. The molecular formula is C24H19ClF3N3O2. The van der Waals surface area contributed by atoms with Crippen molar-refractivity contribution in [1.82, 2.24) is 0 Å². The SMILES string of the molecule is Cc1ccc(NC(=O)c2ccc(C(C=C(N)C(F)(F)F)=Nc3ccccc3Cl)cc2)c(O)c1. The summed E-state index contributed by atoms with van der Waals surface area (Å²) in [4.78, 5) is 16.8. The molecule has 170 valence electrons. The fraction of sp³-hybridized carbons (Fsp3) is 0.0833. The van der Waals surface area contributed by atoms with Crippen molar-refractivity contribution >= 4 is 34.6 Å². The van der Waals surface area contributed by atoms with E-state index in [1.807, 2.05) is 0 Å². The van der Waals surface area contributed by atoms with Crippen molar-refractivity contribution in [2.45, 2.75) is 13.1 Å². The van der Waals surface area contributed by atoms with Crippen molar-refractivity contribution in [3.63, 3.8) is 0 Å². The first-order chi connectivity index (χ1) is 15.5. The second kappa shape index (κ2) is 9.79. The maximum atomic E-state index is 13.0. The molecule has 5 nitrogen and oxygen atoms in total. The number of anilines is 1. The van der Waals surface area contributed by atoms with Crippen molar-refractivity contribution in [2.75, 3.05) is 5.32 Å². The van der Waals surface area contributed by atoms with Crippen molar-refractivity contribution in [3.8, 4) is 5.75 Å². The van der Waals surface area contributed by atoms with Gasteiger partial charge in [0, 0.05) is 11.1 Å². The zero-order valence-corrected chi connectivity index (χ0v) is 18.1. The van der Waals surface area contributed by atoms with Crippen LogP contribution in [0.4, 0.5) is 24.5 Å². The highest BCUT2D eigenvalue weighted by Gasteiger charge is 2.31. The molecule has 4 N–H and O–H groups in total. The Labute approximate surface area is 193 Å². The highest BCUT2D eigenvalue weighted by molar-refractivity contribution is 6.33. The molecule has 0 fully saturated rings. The van der Waals surface area contributed by atoms with Crippen LogP contribution in [0.1, 0.15) is 21.5 Å². The maximum absolute atomic E-state index is 13.0. The predicted octanol–water partition coefficient (Wildman–Crippen LogP) is 6.13. The Kier molecular flexibility index (Phi) is 7.08. The molecule has 0 saturated carbocycles. The van der Waals surface area contributed by atoms with Crippen molar-refractivity contribution in [3.05, 3.63) is 100 Å². The van der Waals surface area contributed by atoms with Gasteiger partial charge in [-0.1, -0.05) is 41.9 Å². The number of phenols is 1. The number of aromatic hydroxyl groups is 1. The molecule has 0 spiro atoms. The second-order valence-electron chi connectivity index (χ2n) is 7.10. The van der Waals surface area contributed by atoms with Crippen molar-refractivity contribution in [1.29, 1.82) is 0 Å². The van der Waals surface area contributed by atoms with Gasteiger partial charge in [0.2, 0.25) is 0 Å². The topological polar surface area (TPSA) is 87.7 Å². The summed E-state index contributed by atoms with van der Waals surface area (Å²) < 4.78 is 39.1. The molecule has 0 bridgehead atoms. The van der Waals surface area contributed by atoms with Gasteiger partial charge >= 0.3 is 6.18 Å². The molecule has 9 heteroatoms. The van der Waals surface area contributed by atoms with Crippen molar-refractivity contribution in [2.24, 2.45) is 10.7 Å². The second-order valence-corrected chi connectivity index (χ2v) is 7.51. The normalized spacial score (nSPS) is 12.5. The third kappa shape index (κ3) is 6.14. The molecule has 0 saturated heterocycles. The molecule has 0 radical (unpaired) electrons. The number of nitrogens with one attached hydrogen (secondary N) is 1. The Hall–Kier alpha value is -3.78. The van der Waals surface area contributed by atoms with Gasteiger partial charge in [-0.15, -0.1) is 0 Å². The maximum Gasteiger partial charge on any atom is 0.430 e. The smallest absolute Gasteiger partial charge is 0.430 e. The van der Waals surface area contributed by atoms with Gasteiger partial charge in [0.25, 0.3) is 5.91 Å². The number of nitrogens with two attached hydrogens (primary N) is 1. The molecule has 0 aliphatic heterocycles. The van der Waals surface area contributed by atoms with Gasteiger partial charge in [-0.25, -0.2) is 4.99 Å². The van der Waals surface area contributed by atoms with Gasteiger partial charge in [0.15, 0.2) is 0 Å². The van der Waals surface area contributed by atoms with E-state index in [0.29, 0.717) is 6.08 Å². The summed E-state index contributed by atoms with van der Waals surface area (Å²) in [5.41, 5.74) is 5.63. The van der Waals surface area contributed by atoms with Crippen LogP contribution in [0.2, 0.25) is 5.02 Å². The van der Waals surface area contributed by atoms with E-state index in [0.717, 1.165) is 5.56 Å². The van der Waals surface area contributed by atoms with E-state index < -0.39 is 17.8 Å². The molecule has 3 rings (SSSR count). The summed E-state index contributed by atoms with van der Waals surface area (Å²) in [7, 11) is 0. The average Bonchev–Trinajstić information content (AvgIpc) is 2.76. The Morgan fingerprint density at radius 2 is 1.70 bits per heavy atom. The summed E-state index contributed by atoms with van der Waals surface area (Å²) >= 11 is 6.09. The quantitative estimate of drug-likeness (QED) is 0.307. The number of rotatable bonds is 5. The lowest BCUT2D eigenvalue weighted by Crippen LogP contribution is -2.21. The third-order valence-corrected chi connectivity index (χ3v) is 4.88. The van der Waals surface area contributed by atoms with Crippen LogP contribution in [-0.2, 0) is 0 Å². The molecule has 1 amide bonds. The molecule has 0 aromatic heterocycles. The highest BCUT2D eigenvalue weighted by Crippen LogP contribution is 2.28. The Bertz CT molecular complexity index is 1240. The molecule has 33 heavy (non-hydrogen) atoms. The summed E-state index contributed by atoms with van der Waals surface area (Å²) in [6.45, 7) is 1.80. The number of allylic oxidation sites excluding steroid dienone is 2. The molecule has 0 heterocycles. The molecule has 3 aromatic carbocycles. The van der Waals surface area contributed by atoms with Crippen LogP contribution >= 0.6 is 11.6 Å². The monoisotopic (exact) mass is 473 g/mol. The minimum absolute atomic E-state index is 0.0816. The Morgan fingerprint density at radius 1 is 1.06 bits per heavy atom. The highest BCUT2D eigenvalue weighted by atomic mass is 35.5. The van der Waals surface area contributed by atoms with Crippen LogP contribution in [0, 0.1) is 6.92 Å². The van der Waals surface area contributed by atoms with Crippen molar-refractivity contribution < 1.29 is 23.1 Å². The number of carbonyl (C=O) groups is 1. The van der Waals surface area contributed by atoms with Gasteiger partial charge in [-0.05, 0) is 55.0 Å².